The first kappa shape index (κ1) is 16.9. The summed E-state index contributed by atoms with van der Waals surface area (Å²) in [5, 5.41) is 10.2. The molecule has 2 aromatic heterocycles. The van der Waals surface area contributed by atoms with Crippen molar-refractivity contribution in [2.45, 2.75) is 24.6 Å². The highest BCUT2D eigenvalue weighted by molar-refractivity contribution is 6.28. The molecule has 0 spiro atoms. The highest BCUT2D eigenvalue weighted by atomic mass is 35.5. The molecule has 0 unspecified atom stereocenters. The van der Waals surface area contributed by atoms with E-state index in [1.807, 2.05) is 0 Å². The molecule has 0 aliphatic carbocycles. The Hall–Kier alpha value is -1.59. The van der Waals surface area contributed by atoms with Crippen LogP contribution >= 0.6 is 11.6 Å². The molecule has 0 aromatic carbocycles. The summed E-state index contributed by atoms with van der Waals surface area (Å²) >= 11 is 5.84. The molecule has 0 bridgehead atoms. The number of hydrogen-bond acceptors (Lipinski definition) is 8. The number of halogens is 2. The van der Waals surface area contributed by atoms with E-state index in [-0.39, 0.29) is 16.7 Å². The Balaban J connectivity index is 1.58. The molecule has 136 valence electrons. The average molecular weight is 373 g/mol. The quantitative estimate of drug-likeness (QED) is 0.724. The molecule has 4 rings (SSSR count). The summed E-state index contributed by atoms with van der Waals surface area (Å²) in [4.78, 5) is 14.1. The molecule has 2 fully saturated rings. The van der Waals surface area contributed by atoms with Gasteiger partial charge in [-0.1, -0.05) is 0 Å². The van der Waals surface area contributed by atoms with Gasteiger partial charge in [0, 0.05) is 19.6 Å². The number of nitrogens with two attached hydrogens (primary N) is 1. The second kappa shape index (κ2) is 6.61. The number of hydrogen-bond donors (Lipinski definition) is 2. The van der Waals surface area contributed by atoms with Crippen molar-refractivity contribution in [3.8, 4) is 0 Å². The van der Waals surface area contributed by atoms with Crippen LogP contribution in [-0.2, 0) is 9.47 Å². The molecule has 2 aliphatic heterocycles. The molecule has 4 heterocycles. The summed E-state index contributed by atoms with van der Waals surface area (Å²) < 4.78 is 27.2. The van der Waals surface area contributed by atoms with Crippen LogP contribution in [0.25, 0.3) is 11.2 Å². The first-order chi connectivity index (χ1) is 12.0. The van der Waals surface area contributed by atoms with Gasteiger partial charge in [0.25, 0.3) is 0 Å². The van der Waals surface area contributed by atoms with Crippen molar-refractivity contribution in [3.05, 3.63) is 11.6 Å². The zero-order valence-electron chi connectivity index (χ0n) is 13.3. The van der Waals surface area contributed by atoms with Crippen molar-refractivity contribution in [2.75, 3.05) is 38.6 Å². The molecule has 0 amide bonds. The molecule has 2 aliphatic rings. The zero-order valence-corrected chi connectivity index (χ0v) is 14.0. The van der Waals surface area contributed by atoms with Gasteiger partial charge in [-0.15, -0.1) is 0 Å². The first-order valence-electron chi connectivity index (χ1n) is 7.98. The van der Waals surface area contributed by atoms with Gasteiger partial charge in [0.15, 0.2) is 23.9 Å². The minimum atomic E-state index is -1.63. The van der Waals surface area contributed by atoms with E-state index >= 15 is 0 Å². The van der Waals surface area contributed by atoms with Gasteiger partial charge in [-0.2, -0.15) is 9.97 Å². The number of aliphatic hydroxyl groups excluding tert-OH is 1. The van der Waals surface area contributed by atoms with E-state index < -0.39 is 24.6 Å². The number of imidazole rings is 1. The normalized spacial score (nSPS) is 31.0. The van der Waals surface area contributed by atoms with Crippen LogP contribution in [0.15, 0.2) is 6.33 Å². The van der Waals surface area contributed by atoms with Gasteiger partial charge >= 0.3 is 0 Å². The number of alkyl halides is 1. The third-order valence-electron chi connectivity index (χ3n) is 4.53. The van der Waals surface area contributed by atoms with Crippen LogP contribution in [0, 0.1) is 0 Å². The van der Waals surface area contributed by atoms with Crippen molar-refractivity contribution in [2.24, 2.45) is 0 Å². The summed E-state index contributed by atoms with van der Waals surface area (Å²) in [6.07, 6.45) is -3.23. The Morgan fingerprint density at radius 1 is 1.36 bits per heavy atom. The molecule has 2 saturated heterocycles. The number of ether oxygens (including phenoxy) is 2. The average Bonchev–Trinajstić information content (AvgIpc) is 3.12. The van der Waals surface area contributed by atoms with Crippen LogP contribution in [0.2, 0.25) is 5.28 Å². The van der Waals surface area contributed by atoms with Crippen LogP contribution in [0.3, 0.4) is 0 Å². The molecule has 2 aromatic rings. The number of morpholine rings is 1. The number of nitrogens with zero attached hydrogens (tertiary/aromatic N) is 5. The lowest BCUT2D eigenvalue weighted by atomic mass is 10.1. The van der Waals surface area contributed by atoms with Gasteiger partial charge in [-0.3, -0.25) is 9.47 Å². The van der Waals surface area contributed by atoms with Crippen molar-refractivity contribution in [3.63, 3.8) is 0 Å². The number of aliphatic hydroxyl groups is 1. The lowest BCUT2D eigenvalue weighted by molar-refractivity contribution is -0.0513. The van der Waals surface area contributed by atoms with Gasteiger partial charge in [-0.05, 0) is 11.6 Å². The van der Waals surface area contributed by atoms with Gasteiger partial charge < -0.3 is 20.3 Å². The molecule has 4 atom stereocenters. The van der Waals surface area contributed by atoms with Crippen molar-refractivity contribution >= 4 is 28.6 Å². The predicted octanol–water partition coefficient (Wildman–Crippen LogP) is -0.00950. The van der Waals surface area contributed by atoms with Crippen LogP contribution < -0.4 is 5.73 Å². The minimum Gasteiger partial charge on any atom is -0.387 e. The zero-order chi connectivity index (χ0) is 17.6. The summed E-state index contributed by atoms with van der Waals surface area (Å²) in [6, 6.07) is 0. The fourth-order valence-electron chi connectivity index (χ4n) is 3.21. The molecular formula is C14H18ClFN6O3. The van der Waals surface area contributed by atoms with Gasteiger partial charge in [0.2, 0.25) is 5.28 Å². The summed E-state index contributed by atoms with van der Waals surface area (Å²) in [7, 11) is 0. The maximum atomic E-state index is 14.7. The fourth-order valence-corrected chi connectivity index (χ4v) is 3.38. The number of nitrogen functional groups attached to an aromatic ring is 1. The van der Waals surface area contributed by atoms with Gasteiger partial charge in [0.1, 0.15) is 17.7 Å². The lowest BCUT2D eigenvalue weighted by Gasteiger charge is -2.29. The molecule has 0 saturated carbocycles. The van der Waals surface area contributed by atoms with Gasteiger partial charge in [-0.25, -0.2) is 9.37 Å². The van der Waals surface area contributed by atoms with Crippen molar-refractivity contribution in [1.82, 2.24) is 24.4 Å². The SMILES string of the molecule is Nc1nc(Cl)nc2c1ncn2[C@@H]1O[C@H](CN2CCOCC2)[C@@H](O)[C@@H]1F. The maximum Gasteiger partial charge on any atom is 0.226 e. The number of anilines is 1. The summed E-state index contributed by atoms with van der Waals surface area (Å²) in [6.45, 7) is 3.10. The Bertz CT molecular complexity index is 770. The fraction of sp³-hybridized carbons (Fsp3) is 0.643. The standard InChI is InChI=1S/C14H18ClFN6O3/c15-14-19-11(17)9-12(20-14)22(6-18-9)13-8(16)10(23)7(25-13)5-21-1-3-24-4-2-21/h6-8,10,13,23H,1-5H2,(H2,17,19,20)/t7-,8+,10-,13-/m1/s1. The van der Waals surface area contributed by atoms with Crippen LogP contribution in [0.1, 0.15) is 6.23 Å². The molecule has 25 heavy (non-hydrogen) atoms. The van der Waals surface area contributed by atoms with E-state index in [1.165, 1.54) is 10.9 Å². The van der Waals surface area contributed by atoms with E-state index in [0.29, 0.717) is 25.3 Å². The minimum absolute atomic E-state index is 0.0643. The van der Waals surface area contributed by atoms with Crippen molar-refractivity contribution < 1.29 is 19.0 Å². The lowest BCUT2D eigenvalue weighted by Crippen LogP contribution is -2.44. The topological polar surface area (TPSA) is 112 Å². The highest BCUT2D eigenvalue weighted by Gasteiger charge is 2.46. The third-order valence-corrected chi connectivity index (χ3v) is 4.70. The highest BCUT2D eigenvalue weighted by Crippen LogP contribution is 2.34. The summed E-state index contributed by atoms with van der Waals surface area (Å²) in [5.74, 6) is 0.104. The second-order valence-electron chi connectivity index (χ2n) is 6.12. The van der Waals surface area contributed by atoms with E-state index in [9.17, 15) is 9.50 Å². The molecule has 9 nitrogen and oxygen atoms in total. The van der Waals surface area contributed by atoms with E-state index in [0.717, 1.165) is 13.1 Å². The van der Waals surface area contributed by atoms with Crippen molar-refractivity contribution in [1.29, 1.82) is 0 Å². The Labute approximate surface area is 147 Å². The smallest absolute Gasteiger partial charge is 0.226 e. The molecular weight excluding hydrogens is 355 g/mol. The Kier molecular flexibility index (Phi) is 4.46. The monoisotopic (exact) mass is 372 g/mol. The first-order valence-corrected chi connectivity index (χ1v) is 8.35. The summed E-state index contributed by atoms with van der Waals surface area (Å²) in [5.41, 5.74) is 6.35. The van der Waals surface area contributed by atoms with E-state index in [1.54, 1.807) is 0 Å². The van der Waals surface area contributed by atoms with Crippen LogP contribution in [0.5, 0.6) is 0 Å². The number of fused-ring (bicyclic) bond motifs is 1. The molecule has 3 N–H and O–H groups in total. The van der Waals surface area contributed by atoms with E-state index in [4.69, 9.17) is 26.8 Å². The Morgan fingerprint density at radius 3 is 2.88 bits per heavy atom. The van der Waals surface area contributed by atoms with Gasteiger partial charge in [0.05, 0.1) is 19.5 Å². The molecule has 0 radical (unpaired) electrons. The van der Waals surface area contributed by atoms with Crippen LogP contribution in [0.4, 0.5) is 10.2 Å². The largest absolute Gasteiger partial charge is 0.387 e. The van der Waals surface area contributed by atoms with E-state index in [2.05, 4.69) is 19.9 Å². The number of rotatable bonds is 3. The second-order valence-corrected chi connectivity index (χ2v) is 6.45. The predicted molar refractivity (Wildman–Crippen MR) is 86.8 cm³/mol. The van der Waals surface area contributed by atoms with Crippen LogP contribution in [-0.4, -0.2) is 80.8 Å². The molecule has 11 heteroatoms. The number of aromatic nitrogens is 4. The Morgan fingerprint density at radius 2 is 2.12 bits per heavy atom. The maximum absolute atomic E-state index is 14.7. The third kappa shape index (κ3) is 3.04.